The van der Waals surface area contributed by atoms with E-state index in [1.165, 1.54) is 10.9 Å². The van der Waals surface area contributed by atoms with Crippen LogP contribution in [-0.4, -0.2) is 29.1 Å². The predicted octanol–water partition coefficient (Wildman–Crippen LogP) is 3.02. The van der Waals surface area contributed by atoms with Crippen LogP contribution in [0.2, 0.25) is 0 Å². The number of ether oxygens (including phenoxy) is 1. The van der Waals surface area contributed by atoms with Crippen LogP contribution in [-0.2, 0) is 13.0 Å². The molecule has 30 heavy (non-hydrogen) atoms. The first-order chi connectivity index (χ1) is 14.6. The summed E-state index contributed by atoms with van der Waals surface area (Å²) in [7, 11) is 1.62. The third-order valence-electron chi connectivity index (χ3n) is 4.80. The maximum absolute atomic E-state index is 12.6. The molecule has 1 amide bonds. The highest BCUT2D eigenvalue weighted by molar-refractivity contribution is 5.91. The van der Waals surface area contributed by atoms with Gasteiger partial charge in [0.15, 0.2) is 5.76 Å². The van der Waals surface area contributed by atoms with Crippen molar-refractivity contribution in [3.05, 3.63) is 94.4 Å². The van der Waals surface area contributed by atoms with Gasteiger partial charge in [0.25, 0.3) is 11.5 Å². The maximum Gasteiger partial charge on any atom is 0.287 e. The number of nitrogens with one attached hydrogen (secondary N) is 1. The van der Waals surface area contributed by atoms with Gasteiger partial charge in [-0.05, 0) is 48.4 Å². The minimum Gasteiger partial charge on any atom is -0.497 e. The van der Waals surface area contributed by atoms with Gasteiger partial charge in [0, 0.05) is 6.54 Å². The van der Waals surface area contributed by atoms with Gasteiger partial charge in [0.2, 0.25) is 0 Å². The summed E-state index contributed by atoms with van der Waals surface area (Å²) in [6.07, 6.45) is 2.18. The van der Waals surface area contributed by atoms with Crippen molar-refractivity contribution in [1.29, 1.82) is 0 Å². The van der Waals surface area contributed by atoms with Crippen LogP contribution in [0.5, 0.6) is 5.75 Å². The lowest BCUT2D eigenvalue weighted by molar-refractivity contribution is 0.0924. The van der Waals surface area contributed by atoms with Gasteiger partial charge >= 0.3 is 0 Å². The summed E-state index contributed by atoms with van der Waals surface area (Å²) in [5.74, 6) is 1.22. The summed E-state index contributed by atoms with van der Waals surface area (Å²) in [6.45, 7) is 0.686. The third-order valence-corrected chi connectivity index (χ3v) is 4.80. The van der Waals surface area contributed by atoms with Gasteiger partial charge in [-0.25, -0.2) is 4.98 Å². The second-order valence-electron chi connectivity index (χ2n) is 6.81. The Balaban J connectivity index is 1.37. The smallest absolute Gasteiger partial charge is 0.287 e. The first-order valence-corrected chi connectivity index (χ1v) is 9.58. The Bertz CT molecular complexity index is 1230. The molecular formula is C23H21N3O4. The van der Waals surface area contributed by atoms with Crippen LogP contribution in [0, 0.1) is 0 Å². The summed E-state index contributed by atoms with van der Waals surface area (Å²) in [5, 5.41) is 3.39. The zero-order valence-corrected chi connectivity index (χ0v) is 16.5. The Morgan fingerprint density at radius 3 is 2.70 bits per heavy atom. The maximum atomic E-state index is 12.6. The van der Waals surface area contributed by atoms with E-state index in [9.17, 15) is 9.59 Å². The lowest BCUT2D eigenvalue weighted by Gasteiger charge is -2.06. The van der Waals surface area contributed by atoms with Crippen molar-refractivity contribution in [1.82, 2.24) is 14.9 Å². The first-order valence-electron chi connectivity index (χ1n) is 9.58. The average Bonchev–Trinajstić information content (AvgIpc) is 3.25. The lowest BCUT2D eigenvalue weighted by Crippen LogP contribution is -2.25. The number of carbonyl (C=O) groups is 1. The number of furan rings is 1. The number of methoxy groups -OCH3 is 1. The zero-order valence-electron chi connectivity index (χ0n) is 16.5. The minimum atomic E-state index is -0.293. The molecule has 0 atom stereocenters. The van der Waals surface area contributed by atoms with Crippen LogP contribution in [0.4, 0.5) is 0 Å². The number of rotatable bonds is 7. The first kappa shape index (κ1) is 19.4. The van der Waals surface area contributed by atoms with E-state index in [1.807, 2.05) is 30.3 Å². The molecule has 0 unspecified atom stereocenters. The number of nitrogens with zero attached hydrogens (tertiary/aromatic N) is 2. The summed E-state index contributed by atoms with van der Waals surface area (Å²) in [4.78, 5) is 29.2. The van der Waals surface area contributed by atoms with E-state index in [1.54, 1.807) is 37.4 Å². The fraction of sp³-hybridized carbons (Fsp3) is 0.174. The Morgan fingerprint density at radius 2 is 1.90 bits per heavy atom. The van der Waals surface area contributed by atoms with E-state index in [2.05, 4.69) is 10.3 Å². The molecule has 4 rings (SSSR count). The lowest BCUT2D eigenvalue weighted by atomic mass is 10.1. The third kappa shape index (κ3) is 4.25. The van der Waals surface area contributed by atoms with Crippen molar-refractivity contribution in [3.8, 4) is 5.75 Å². The molecule has 7 nitrogen and oxygen atoms in total. The molecule has 0 aliphatic heterocycles. The number of hydrogen-bond acceptors (Lipinski definition) is 5. The molecule has 2 aromatic heterocycles. The molecule has 2 aromatic carbocycles. The molecule has 0 spiro atoms. The van der Waals surface area contributed by atoms with Gasteiger partial charge in [-0.15, -0.1) is 0 Å². The predicted molar refractivity (Wildman–Crippen MR) is 113 cm³/mol. The van der Waals surface area contributed by atoms with Crippen LogP contribution in [0.1, 0.15) is 21.9 Å². The normalized spacial score (nSPS) is 10.8. The molecule has 152 valence electrons. The van der Waals surface area contributed by atoms with Crippen LogP contribution in [0.15, 0.2) is 76.2 Å². The van der Waals surface area contributed by atoms with Gasteiger partial charge in [-0.2, -0.15) is 0 Å². The van der Waals surface area contributed by atoms with E-state index in [0.717, 1.165) is 11.3 Å². The quantitative estimate of drug-likeness (QED) is 0.513. The average molecular weight is 403 g/mol. The highest BCUT2D eigenvalue weighted by atomic mass is 16.5. The number of carbonyl (C=O) groups excluding carboxylic acids is 1. The summed E-state index contributed by atoms with van der Waals surface area (Å²) >= 11 is 0. The number of para-hydroxylation sites is 1. The standard InChI is InChI=1S/C23H21N3O4/c1-29-17-8-6-16(7-9-17)12-13-24-22(27)21-11-10-18(30-21)14-26-15-25-20-5-3-2-4-19(20)23(26)28/h2-11,15H,12-14H2,1H3,(H,24,27). The molecule has 0 fully saturated rings. The van der Waals surface area contributed by atoms with Crippen molar-refractivity contribution < 1.29 is 13.9 Å². The highest BCUT2D eigenvalue weighted by Gasteiger charge is 2.12. The number of benzene rings is 2. The van der Waals surface area contributed by atoms with Crippen LogP contribution < -0.4 is 15.6 Å². The van der Waals surface area contributed by atoms with Crippen molar-refractivity contribution in [2.45, 2.75) is 13.0 Å². The van der Waals surface area contributed by atoms with Gasteiger partial charge < -0.3 is 14.5 Å². The van der Waals surface area contributed by atoms with E-state index in [0.29, 0.717) is 29.6 Å². The molecular weight excluding hydrogens is 382 g/mol. The van der Waals surface area contributed by atoms with Gasteiger partial charge in [-0.1, -0.05) is 24.3 Å². The van der Waals surface area contributed by atoms with E-state index in [4.69, 9.17) is 9.15 Å². The molecule has 0 aliphatic rings. The van der Waals surface area contributed by atoms with Gasteiger partial charge in [0.05, 0.1) is 30.9 Å². The monoisotopic (exact) mass is 403 g/mol. The van der Waals surface area contributed by atoms with Crippen molar-refractivity contribution >= 4 is 16.8 Å². The van der Waals surface area contributed by atoms with E-state index < -0.39 is 0 Å². The highest BCUT2D eigenvalue weighted by Crippen LogP contribution is 2.12. The second kappa shape index (κ2) is 8.65. The SMILES string of the molecule is COc1ccc(CCNC(=O)c2ccc(Cn3cnc4ccccc4c3=O)o2)cc1. The van der Waals surface area contributed by atoms with E-state index >= 15 is 0 Å². The molecule has 1 N–H and O–H groups in total. The number of fused-ring (bicyclic) bond motifs is 1. The van der Waals surface area contributed by atoms with Crippen molar-refractivity contribution in [2.24, 2.45) is 0 Å². The molecule has 7 heteroatoms. The molecule has 4 aromatic rings. The minimum absolute atomic E-state index is 0.150. The van der Waals surface area contributed by atoms with Crippen molar-refractivity contribution in [3.63, 3.8) is 0 Å². The molecule has 0 saturated heterocycles. The molecule has 2 heterocycles. The molecule has 0 bridgehead atoms. The molecule has 0 saturated carbocycles. The van der Waals surface area contributed by atoms with Crippen molar-refractivity contribution in [2.75, 3.05) is 13.7 Å². The summed E-state index contributed by atoms with van der Waals surface area (Å²) < 4.78 is 12.2. The Labute approximate surface area is 172 Å². The van der Waals surface area contributed by atoms with Gasteiger partial charge in [0.1, 0.15) is 11.5 Å². The number of hydrogen-bond donors (Lipinski definition) is 1. The zero-order chi connectivity index (χ0) is 20.9. The fourth-order valence-corrected chi connectivity index (χ4v) is 3.17. The Kier molecular flexibility index (Phi) is 5.61. The van der Waals surface area contributed by atoms with Crippen LogP contribution in [0.3, 0.4) is 0 Å². The van der Waals surface area contributed by atoms with Crippen LogP contribution >= 0.6 is 0 Å². The summed E-state index contributed by atoms with van der Waals surface area (Å²) in [6, 6.07) is 18.2. The van der Waals surface area contributed by atoms with Crippen LogP contribution in [0.25, 0.3) is 10.9 Å². The Hall–Kier alpha value is -3.87. The number of amides is 1. The largest absolute Gasteiger partial charge is 0.497 e. The number of aromatic nitrogens is 2. The molecule has 0 radical (unpaired) electrons. The molecule has 0 aliphatic carbocycles. The van der Waals surface area contributed by atoms with Gasteiger partial charge in [-0.3, -0.25) is 14.2 Å². The second-order valence-corrected chi connectivity index (χ2v) is 6.81. The fourth-order valence-electron chi connectivity index (χ4n) is 3.17. The summed E-state index contributed by atoms with van der Waals surface area (Å²) in [5.41, 5.74) is 1.59. The topological polar surface area (TPSA) is 86.4 Å². The van der Waals surface area contributed by atoms with E-state index in [-0.39, 0.29) is 23.8 Å². The Morgan fingerprint density at radius 1 is 1.10 bits per heavy atom.